The molecular formula is C20H19ClN4O4S. The zero-order chi connectivity index (χ0) is 21.7. The second-order valence-electron chi connectivity index (χ2n) is 6.33. The van der Waals surface area contributed by atoms with E-state index in [0.717, 1.165) is 0 Å². The number of aromatic nitrogens is 2. The van der Waals surface area contributed by atoms with Crippen LogP contribution in [0.5, 0.6) is 5.75 Å². The molecule has 3 rings (SSSR count). The van der Waals surface area contributed by atoms with E-state index in [1.54, 1.807) is 44.2 Å². The first kappa shape index (κ1) is 21.5. The summed E-state index contributed by atoms with van der Waals surface area (Å²) in [6, 6.07) is 14.2. The summed E-state index contributed by atoms with van der Waals surface area (Å²) in [4.78, 5) is 20.3. The fourth-order valence-electron chi connectivity index (χ4n) is 2.42. The molecule has 0 spiro atoms. The SMILES string of the molecule is Cc1ccnc(NS(=O)(=O)c2ccc(NC(=O)[C@@H](C)Oc3ccccc3Cl)cc2)n1. The first-order valence-corrected chi connectivity index (χ1v) is 10.8. The van der Waals surface area contributed by atoms with E-state index in [0.29, 0.717) is 22.2 Å². The molecule has 0 fully saturated rings. The smallest absolute Gasteiger partial charge is 0.265 e. The average Bonchev–Trinajstić information content (AvgIpc) is 2.70. The Hall–Kier alpha value is -3.17. The minimum atomic E-state index is -3.86. The summed E-state index contributed by atoms with van der Waals surface area (Å²) in [5.41, 5.74) is 1.05. The number of halogens is 1. The molecule has 30 heavy (non-hydrogen) atoms. The summed E-state index contributed by atoms with van der Waals surface area (Å²) in [6.07, 6.45) is 0.651. The summed E-state index contributed by atoms with van der Waals surface area (Å²) >= 11 is 6.03. The summed E-state index contributed by atoms with van der Waals surface area (Å²) in [7, 11) is -3.86. The molecule has 1 amide bonds. The average molecular weight is 447 g/mol. The number of para-hydroxylation sites is 1. The molecule has 2 N–H and O–H groups in total. The van der Waals surface area contributed by atoms with Gasteiger partial charge in [-0.2, -0.15) is 0 Å². The van der Waals surface area contributed by atoms with Crippen molar-refractivity contribution in [1.29, 1.82) is 0 Å². The van der Waals surface area contributed by atoms with Crippen molar-refractivity contribution in [2.45, 2.75) is 24.8 Å². The molecule has 0 saturated heterocycles. The highest BCUT2D eigenvalue weighted by atomic mass is 35.5. The lowest BCUT2D eigenvalue weighted by Gasteiger charge is -2.15. The third-order valence-corrected chi connectivity index (χ3v) is 5.62. The fourth-order valence-corrected chi connectivity index (χ4v) is 3.55. The molecule has 1 heterocycles. The maximum Gasteiger partial charge on any atom is 0.265 e. The molecule has 0 aliphatic heterocycles. The van der Waals surface area contributed by atoms with Gasteiger partial charge in [-0.25, -0.2) is 23.1 Å². The molecule has 0 unspecified atom stereocenters. The van der Waals surface area contributed by atoms with Crippen molar-refractivity contribution in [2.75, 3.05) is 10.0 Å². The van der Waals surface area contributed by atoms with Gasteiger partial charge in [-0.15, -0.1) is 0 Å². The van der Waals surface area contributed by atoms with Crippen LogP contribution in [-0.4, -0.2) is 30.4 Å². The number of hydrogen-bond acceptors (Lipinski definition) is 6. The van der Waals surface area contributed by atoms with Crippen molar-refractivity contribution in [2.24, 2.45) is 0 Å². The second kappa shape index (κ2) is 9.10. The van der Waals surface area contributed by atoms with E-state index in [1.807, 2.05) is 0 Å². The lowest BCUT2D eigenvalue weighted by molar-refractivity contribution is -0.122. The molecule has 0 radical (unpaired) electrons. The van der Waals surface area contributed by atoms with Crippen LogP contribution in [0.2, 0.25) is 5.02 Å². The zero-order valence-electron chi connectivity index (χ0n) is 16.2. The minimum Gasteiger partial charge on any atom is -0.479 e. The lowest BCUT2D eigenvalue weighted by atomic mass is 10.3. The molecule has 3 aromatic rings. The monoisotopic (exact) mass is 446 g/mol. The van der Waals surface area contributed by atoms with Crippen LogP contribution in [0.25, 0.3) is 0 Å². The summed E-state index contributed by atoms with van der Waals surface area (Å²) < 4.78 is 32.8. The van der Waals surface area contributed by atoms with Gasteiger partial charge in [0, 0.05) is 17.6 Å². The van der Waals surface area contributed by atoms with Gasteiger partial charge in [-0.1, -0.05) is 23.7 Å². The molecule has 0 saturated carbocycles. The van der Waals surface area contributed by atoms with Crippen molar-refractivity contribution in [3.8, 4) is 5.75 Å². The van der Waals surface area contributed by atoms with Crippen LogP contribution in [0.15, 0.2) is 65.7 Å². The van der Waals surface area contributed by atoms with Gasteiger partial charge >= 0.3 is 0 Å². The number of nitrogens with zero attached hydrogens (tertiary/aromatic N) is 2. The van der Waals surface area contributed by atoms with Crippen LogP contribution < -0.4 is 14.8 Å². The molecule has 1 aromatic heterocycles. The van der Waals surface area contributed by atoms with Crippen LogP contribution >= 0.6 is 11.6 Å². The number of hydrogen-bond donors (Lipinski definition) is 2. The highest BCUT2D eigenvalue weighted by molar-refractivity contribution is 7.92. The Balaban J connectivity index is 1.65. The number of carbonyl (C=O) groups is 1. The van der Waals surface area contributed by atoms with Crippen LogP contribution in [0.4, 0.5) is 11.6 Å². The molecule has 2 aromatic carbocycles. The lowest BCUT2D eigenvalue weighted by Crippen LogP contribution is -2.30. The number of aryl methyl sites for hydroxylation is 1. The normalized spacial score (nSPS) is 12.1. The van der Waals surface area contributed by atoms with Gasteiger partial charge in [0.25, 0.3) is 15.9 Å². The topological polar surface area (TPSA) is 110 Å². The molecule has 8 nitrogen and oxygen atoms in total. The van der Waals surface area contributed by atoms with Gasteiger partial charge in [-0.3, -0.25) is 4.79 Å². The Kier molecular flexibility index (Phi) is 6.53. The van der Waals surface area contributed by atoms with Crippen LogP contribution in [0.3, 0.4) is 0 Å². The van der Waals surface area contributed by atoms with Gasteiger partial charge in [0.15, 0.2) is 6.10 Å². The van der Waals surface area contributed by atoms with Crippen molar-refractivity contribution in [1.82, 2.24) is 9.97 Å². The Morgan fingerprint density at radius 1 is 1.10 bits per heavy atom. The highest BCUT2D eigenvalue weighted by Gasteiger charge is 2.18. The first-order valence-electron chi connectivity index (χ1n) is 8.89. The van der Waals surface area contributed by atoms with Crippen molar-refractivity contribution >= 4 is 39.2 Å². The maximum atomic E-state index is 12.5. The first-order chi connectivity index (χ1) is 14.2. The maximum absolute atomic E-state index is 12.5. The number of nitrogens with one attached hydrogen (secondary N) is 2. The molecule has 0 aliphatic carbocycles. The fraction of sp³-hybridized carbons (Fsp3) is 0.150. The number of amides is 1. The number of sulfonamides is 1. The van der Waals surface area contributed by atoms with Crippen LogP contribution in [-0.2, 0) is 14.8 Å². The summed E-state index contributed by atoms with van der Waals surface area (Å²) in [5.74, 6) is -0.0255. The predicted octanol–water partition coefficient (Wildman–Crippen LogP) is 3.65. The van der Waals surface area contributed by atoms with Crippen LogP contribution in [0.1, 0.15) is 12.6 Å². The van der Waals surface area contributed by atoms with E-state index in [4.69, 9.17) is 16.3 Å². The zero-order valence-corrected chi connectivity index (χ0v) is 17.7. The van der Waals surface area contributed by atoms with Crippen LogP contribution in [0, 0.1) is 6.92 Å². The quantitative estimate of drug-likeness (QED) is 0.573. The number of ether oxygens (including phenoxy) is 1. The van der Waals surface area contributed by atoms with Gasteiger partial charge in [0.05, 0.1) is 9.92 Å². The van der Waals surface area contributed by atoms with E-state index in [9.17, 15) is 13.2 Å². The van der Waals surface area contributed by atoms with E-state index in [-0.39, 0.29) is 10.8 Å². The number of anilines is 2. The molecule has 0 aliphatic rings. The third-order valence-electron chi connectivity index (χ3n) is 3.96. The Bertz CT molecular complexity index is 1150. The van der Waals surface area contributed by atoms with E-state index >= 15 is 0 Å². The molecule has 1 atom stereocenters. The Morgan fingerprint density at radius 2 is 1.80 bits per heavy atom. The Morgan fingerprint density at radius 3 is 2.47 bits per heavy atom. The van der Waals surface area contributed by atoms with E-state index < -0.39 is 22.0 Å². The standard InChI is InChI=1S/C20H19ClN4O4S/c1-13-11-12-22-20(23-13)25-30(27,28)16-9-7-15(8-10-16)24-19(26)14(2)29-18-6-4-3-5-17(18)21/h3-12,14H,1-2H3,(H,24,26)(H,22,23,25)/t14-/m1/s1. The van der Waals surface area contributed by atoms with E-state index in [1.165, 1.54) is 30.5 Å². The predicted molar refractivity (Wildman–Crippen MR) is 114 cm³/mol. The third kappa shape index (κ3) is 5.46. The van der Waals surface area contributed by atoms with Gasteiger partial charge in [0.1, 0.15) is 5.75 Å². The van der Waals surface area contributed by atoms with Crippen molar-refractivity contribution in [3.63, 3.8) is 0 Å². The highest BCUT2D eigenvalue weighted by Crippen LogP contribution is 2.24. The van der Waals surface area contributed by atoms with Crippen molar-refractivity contribution < 1.29 is 17.9 Å². The summed E-state index contributed by atoms with van der Waals surface area (Å²) in [6.45, 7) is 3.32. The number of benzene rings is 2. The number of rotatable bonds is 7. The largest absolute Gasteiger partial charge is 0.479 e. The minimum absolute atomic E-state index is 0.00553. The number of carbonyl (C=O) groups excluding carboxylic acids is 1. The van der Waals surface area contributed by atoms with Gasteiger partial charge in [-0.05, 0) is 56.3 Å². The molecule has 156 valence electrons. The Labute approximate surface area is 179 Å². The molecule has 10 heteroatoms. The second-order valence-corrected chi connectivity index (χ2v) is 8.42. The van der Waals surface area contributed by atoms with E-state index in [2.05, 4.69) is 20.0 Å². The molecular weight excluding hydrogens is 428 g/mol. The van der Waals surface area contributed by atoms with Gasteiger partial charge in [0.2, 0.25) is 5.95 Å². The summed E-state index contributed by atoms with van der Waals surface area (Å²) in [5, 5.41) is 3.07. The molecule has 0 bridgehead atoms. The van der Waals surface area contributed by atoms with Gasteiger partial charge < -0.3 is 10.1 Å². The van der Waals surface area contributed by atoms with Crippen molar-refractivity contribution in [3.05, 3.63) is 71.5 Å².